The lowest BCUT2D eigenvalue weighted by atomic mass is 10.2. The Balaban J connectivity index is 2.16. The van der Waals surface area contributed by atoms with E-state index in [2.05, 4.69) is 5.32 Å². The molecule has 6 heteroatoms. The maximum atomic E-state index is 10.9. The fraction of sp³-hybridized carbons (Fsp3) is 0.462. The summed E-state index contributed by atoms with van der Waals surface area (Å²) in [5.41, 5.74) is 0.0770. The standard InChI is InChI=1S/C13H16ClNO4/c1-18-11-6-8(13(16)17)5-10(14)12(11)19-7-9-3-2-4-15-9/h5-6,9,15H,2-4,7H2,1H3,(H,16,17). The van der Waals surface area contributed by atoms with Crippen molar-refractivity contribution in [2.45, 2.75) is 18.9 Å². The molecular formula is C13H16ClNO4. The smallest absolute Gasteiger partial charge is 0.335 e. The van der Waals surface area contributed by atoms with Gasteiger partial charge in [-0.05, 0) is 31.5 Å². The third-order valence-corrected chi connectivity index (χ3v) is 3.35. The Bertz CT molecular complexity index is 472. The average molecular weight is 286 g/mol. The molecular weight excluding hydrogens is 270 g/mol. The van der Waals surface area contributed by atoms with Gasteiger partial charge in [-0.25, -0.2) is 4.79 Å². The van der Waals surface area contributed by atoms with E-state index in [1.165, 1.54) is 19.2 Å². The molecule has 1 unspecified atom stereocenters. The lowest BCUT2D eigenvalue weighted by Gasteiger charge is -2.16. The van der Waals surface area contributed by atoms with Crippen LogP contribution in [-0.4, -0.2) is 37.4 Å². The number of methoxy groups -OCH3 is 1. The predicted octanol–water partition coefficient (Wildman–Crippen LogP) is 2.18. The van der Waals surface area contributed by atoms with Crippen LogP contribution in [0.15, 0.2) is 12.1 Å². The van der Waals surface area contributed by atoms with Crippen LogP contribution >= 0.6 is 11.6 Å². The van der Waals surface area contributed by atoms with Crippen LogP contribution in [0.3, 0.4) is 0 Å². The second-order valence-corrected chi connectivity index (χ2v) is 4.81. The van der Waals surface area contributed by atoms with E-state index in [9.17, 15) is 4.79 Å². The Kier molecular flexibility index (Phi) is 4.50. The molecule has 0 aliphatic carbocycles. The molecule has 0 spiro atoms. The second kappa shape index (κ2) is 6.12. The molecule has 1 aromatic carbocycles. The van der Waals surface area contributed by atoms with Crippen molar-refractivity contribution in [1.29, 1.82) is 0 Å². The molecule has 0 radical (unpaired) electrons. The van der Waals surface area contributed by atoms with Crippen molar-refractivity contribution < 1.29 is 19.4 Å². The second-order valence-electron chi connectivity index (χ2n) is 4.40. The minimum atomic E-state index is -1.05. The van der Waals surface area contributed by atoms with Gasteiger partial charge in [-0.1, -0.05) is 11.6 Å². The van der Waals surface area contributed by atoms with E-state index in [4.69, 9.17) is 26.2 Å². The normalized spacial score (nSPS) is 18.3. The van der Waals surface area contributed by atoms with Gasteiger partial charge < -0.3 is 19.9 Å². The van der Waals surface area contributed by atoms with Crippen molar-refractivity contribution in [3.05, 3.63) is 22.7 Å². The van der Waals surface area contributed by atoms with Gasteiger partial charge in [0.15, 0.2) is 11.5 Å². The first-order chi connectivity index (χ1) is 9.11. The molecule has 1 saturated heterocycles. The van der Waals surface area contributed by atoms with Gasteiger partial charge >= 0.3 is 5.97 Å². The van der Waals surface area contributed by atoms with Crippen molar-refractivity contribution >= 4 is 17.6 Å². The van der Waals surface area contributed by atoms with E-state index in [0.717, 1.165) is 19.4 Å². The Hall–Kier alpha value is -1.46. The van der Waals surface area contributed by atoms with Gasteiger partial charge in [-0.15, -0.1) is 0 Å². The molecule has 0 amide bonds. The molecule has 5 nitrogen and oxygen atoms in total. The van der Waals surface area contributed by atoms with Crippen LogP contribution in [0.5, 0.6) is 11.5 Å². The molecule has 0 bridgehead atoms. The molecule has 1 aliphatic heterocycles. The number of hydrogen-bond acceptors (Lipinski definition) is 4. The van der Waals surface area contributed by atoms with Crippen molar-refractivity contribution in [2.75, 3.05) is 20.3 Å². The van der Waals surface area contributed by atoms with E-state index in [-0.39, 0.29) is 10.6 Å². The number of halogens is 1. The van der Waals surface area contributed by atoms with Gasteiger partial charge in [0.05, 0.1) is 17.7 Å². The number of carbonyl (C=O) groups is 1. The predicted molar refractivity (Wildman–Crippen MR) is 71.5 cm³/mol. The van der Waals surface area contributed by atoms with E-state index in [1.807, 2.05) is 0 Å². The van der Waals surface area contributed by atoms with Crippen LogP contribution in [0.2, 0.25) is 5.02 Å². The zero-order valence-electron chi connectivity index (χ0n) is 10.6. The number of nitrogens with one attached hydrogen (secondary N) is 1. The summed E-state index contributed by atoms with van der Waals surface area (Å²) in [4.78, 5) is 10.9. The Morgan fingerprint density at radius 2 is 2.37 bits per heavy atom. The van der Waals surface area contributed by atoms with E-state index in [0.29, 0.717) is 24.1 Å². The molecule has 2 rings (SSSR count). The van der Waals surface area contributed by atoms with Crippen LogP contribution in [0.25, 0.3) is 0 Å². The van der Waals surface area contributed by atoms with Gasteiger partial charge in [0.1, 0.15) is 6.61 Å². The Labute approximate surface area is 116 Å². The highest BCUT2D eigenvalue weighted by Crippen LogP contribution is 2.36. The van der Waals surface area contributed by atoms with E-state index in [1.54, 1.807) is 0 Å². The molecule has 0 saturated carbocycles. The number of ether oxygens (including phenoxy) is 2. The van der Waals surface area contributed by atoms with E-state index < -0.39 is 5.97 Å². The summed E-state index contributed by atoms with van der Waals surface area (Å²) in [6.07, 6.45) is 2.20. The Morgan fingerprint density at radius 1 is 1.58 bits per heavy atom. The van der Waals surface area contributed by atoms with Crippen molar-refractivity contribution in [1.82, 2.24) is 5.32 Å². The summed E-state index contributed by atoms with van der Waals surface area (Å²) in [5, 5.41) is 12.5. The molecule has 104 valence electrons. The van der Waals surface area contributed by atoms with Gasteiger partial charge in [0, 0.05) is 6.04 Å². The van der Waals surface area contributed by atoms with Gasteiger partial charge in [-0.2, -0.15) is 0 Å². The molecule has 1 fully saturated rings. The first-order valence-corrected chi connectivity index (χ1v) is 6.46. The third kappa shape index (κ3) is 3.30. The zero-order chi connectivity index (χ0) is 13.8. The summed E-state index contributed by atoms with van der Waals surface area (Å²) in [7, 11) is 1.46. The van der Waals surface area contributed by atoms with Crippen molar-refractivity contribution in [3.8, 4) is 11.5 Å². The first-order valence-electron chi connectivity index (χ1n) is 6.09. The third-order valence-electron chi connectivity index (χ3n) is 3.07. The molecule has 0 aromatic heterocycles. The van der Waals surface area contributed by atoms with Gasteiger partial charge in [0.2, 0.25) is 0 Å². The first kappa shape index (κ1) is 14.0. The SMILES string of the molecule is COc1cc(C(=O)O)cc(Cl)c1OCC1CCCN1. The van der Waals surface area contributed by atoms with Gasteiger partial charge in [-0.3, -0.25) is 0 Å². The summed E-state index contributed by atoms with van der Waals surface area (Å²) < 4.78 is 10.8. The minimum Gasteiger partial charge on any atom is -0.493 e. The van der Waals surface area contributed by atoms with Crippen LogP contribution < -0.4 is 14.8 Å². The highest BCUT2D eigenvalue weighted by molar-refractivity contribution is 6.32. The quantitative estimate of drug-likeness (QED) is 0.868. The van der Waals surface area contributed by atoms with Crippen LogP contribution in [0.1, 0.15) is 23.2 Å². The lowest BCUT2D eigenvalue weighted by Crippen LogP contribution is -2.28. The van der Waals surface area contributed by atoms with Gasteiger partial charge in [0.25, 0.3) is 0 Å². The average Bonchev–Trinajstić information content (AvgIpc) is 2.89. The molecule has 1 aliphatic rings. The largest absolute Gasteiger partial charge is 0.493 e. The van der Waals surface area contributed by atoms with Crippen LogP contribution in [0, 0.1) is 0 Å². The minimum absolute atomic E-state index is 0.0770. The number of benzene rings is 1. The Morgan fingerprint density at radius 3 is 2.95 bits per heavy atom. The maximum Gasteiger partial charge on any atom is 0.335 e. The molecule has 19 heavy (non-hydrogen) atoms. The summed E-state index contributed by atoms with van der Waals surface area (Å²) in [6, 6.07) is 3.08. The molecule has 1 aromatic rings. The topological polar surface area (TPSA) is 67.8 Å². The zero-order valence-corrected chi connectivity index (χ0v) is 11.4. The number of carboxylic acids is 1. The number of carboxylic acid groups (broad SMARTS) is 1. The number of aromatic carboxylic acids is 1. The van der Waals surface area contributed by atoms with E-state index >= 15 is 0 Å². The highest BCUT2D eigenvalue weighted by Gasteiger charge is 2.19. The summed E-state index contributed by atoms with van der Waals surface area (Å²) in [6.45, 7) is 1.49. The van der Waals surface area contributed by atoms with Crippen molar-refractivity contribution in [3.63, 3.8) is 0 Å². The number of rotatable bonds is 5. The monoisotopic (exact) mass is 285 g/mol. The highest BCUT2D eigenvalue weighted by atomic mass is 35.5. The van der Waals surface area contributed by atoms with Crippen LogP contribution in [-0.2, 0) is 0 Å². The maximum absolute atomic E-state index is 10.9. The molecule has 1 heterocycles. The van der Waals surface area contributed by atoms with Crippen molar-refractivity contribution in [2.24, 2.45) is 0 Å². The lowest BCUT2D eigenvalue weighted by molar-refractivity contribution is 0.0696. The molecule has 1 atom stereocenters. The fourth-order valence-electron chi connectivity index (χ4n) is 2.07. The fourth-order valence-corrected chi connectivity index (χ4v) is 2.33. The van der Waals surface area contributed by atoms with Crippen LogP contribution in [0.4, 0.5) is 0 Å². The molecule has 2 N–H and O–H groups in total. The summed E-state index contributed by atoms with van der Waals surface area (Å²) >= 11 is 6.05. The number of hydrogen-bond donors (Lipinski definition) is 2. The summed E-state index contributed by atoms with van der Waals surface area (Å²) in [5.74, 6) is -0.324.